The Morgan fingerprint density at radius 1 is 1.27 bits per heavy atom. The molecule has 2 nitrogen and oxygen atoms in total. The standard InChI is InChI=1S/C13H20N2/c14-12-7-4-9-13(12,15)10-8-11-5-2-1-3-6-11/h1-3,5-6,12H,4,7-10,14-15H2. The van der Waals surface area contributed by atoms with Gasteiger partial charge in [-0.25, -0.2) is 0 Å². The molecule has 0 spiro atoms. The molecule has 2 unspecified atom stereocenters. The van der Waals surface area contributed by atoms with E-state index in [1.807, 2.05) is 6.07 Å². The monoisotopic (exact) mass is 204 g/mol. The second kappa shape index (κ2) is 4.33. The van der Waals surface area contributed by atoms with E-state index in [4.69, 9.17) is 11.5 Å². The van der Waals surface area contributed by atoms with Gasteiger partial charge in [-0.3, -0.25) is 0 Å². The van der Waals surface area contributed by atoms with Crippen molar-refractivity contribution in [1.82, 2.24) is 0 Å². The Balaban J connectivity index is 1.93. The Bertz CT molecular complexity index is 310. The van der Waals surface area contributed by atoms with Crippen molar-refractivity contribution in [2.75, 3.05) is 0 Å². The highest BCUT2D eigenvalue weighted by Crippen LogP contribution is 2.30. The Labute approximate surface area is 91.7 Å². The lowest BCUT2D eigenvalue weighted by atomic mass is 9.88. The minimum atomic E-state index is -0.115. The van der Waals surface area contributed by atoms with Crippen molar-refractivity contribution >= 4 is 0 Å². The van der Waals surface area contributed by atoms with Crippen LogP contribution in [0.15, 0.2) is 30.3 Å². The van der Waals surface area contributed by atoms with Crippen molar-refractivity contribution in [3.05, 3.63) is 35.9 Å². The van der Waals surface area contributed by atoms with Crippen LogP contribution in [0.1, 0.15) is 31.2 Å². The molecule has 0 bridgehead atoms. The highest BCUT2D eigenvalue weighted by atomic mass is 14.9. The van der Waals surface area contributed by atoms with Gasteiger partial charge in [-0.15, -0.1) is 0 Å². The topological polar surface area (TPSA) is 52.0 Å². The number of hydrogen-bond donors (Lipinski definition) is 2. The Hall–Kier alpha value is -0.860. The van der Waals surface area contributed by atoms with Gasteiger partial charge in [0.25, 0.3) is 0 Å². The fourth-order valence-corrected chi connectivity index (χ4v) is 2.46. The predicted molar refractivity (Wildman–Crippen MR) is 63.5 cm³/mol. The van der Waals surface area contributed by atoms with E-state index in [1.165, 1.54) is 12.0 Å². The smallest absolute Gasteiger partial charge is 0.0310 e. The van der Waals surface area contributed by atoms with Crippen molar-refractivity contribution in [3.63, 3.8) is 0 Å². The summed E-state index contributed by atoms with van der Waals surface area (Å²) >= 11 is 0. The maximum absolute atomic E-state index is 6.33. The maximum Gasteiger partial charge on any atom is 0.0310 e. The molecule has 15 heavy (non-hydrogen) atoms. The fourth-order valence-electron chi connectivity index (χ4n) is 2.46. The highest BCUT2D eigenvalue weighted by molar-refractivity contribution is 5.16. The average Bonchev–Trinajstić information content (AvgIpc) is 2.59. The molecular formula is C13H20N2. The number of hydrogen-bond acceptors (Lipinski definition) is 2. The molecule has 4 N–H and O–H groups in total. The molecule has 1 aromatic rings. The molecule has 0 heterocycles. The summed E-state index contributed by atoms with van der Waals surface area (Å²) in [6, 6.07) is 10.7. The molecule has 1 fully saturated rings. The van der Waals surface area contributed by atoms with Gasteiger partial charge in [0.15, 0.2) is 0 Å². The van der Waals surface area contributed by atoms with Crippen LogP contribution in [0.3, 0.4) is 0 Å². The van der Waals surface area contributed by atoms with E-state index in [0.29, 0.717) is 0 Å². The number of nitrogens with two attached hydrogens (primary N) is 2. The van der Waals surface area contributed by atoms with Crippen LogP contribution >= 0.6 is 0 Å². The zero-order chi connectivity index (χ0) is 10.7. The SMILES string of the molecule is NC1CCCC1(N)CCc1ccccc1. The summed E-state index contributed by atoms with van der Waals surface area (Å²) in [6.45, 7) is 0. The molecule has 0 aliphatic heterocycles. The van der Waals surface area contributed by atoms with E-state index in [-0.39, 0.29) is 11.6 Å². The van der Waals surface area contributed by atoms with Crippen molar-refractivity contribution in [2.24, 2.45) is 11.5 Å². The summed E-state index contributed by atoms with van der Waals surface area (Å²) in [4.78, 5) is 0. The minimum absolute atomic E-state index is 0.115. The van der Waals surface area contributed by atoms with Gasteiger partial charge in [-0.05, 0) is 37.7 Å². The third-order valence-electron chi connectivity index (χ3n) is 3.62. The Morgan fingerprint density at radius 3 is 2.60 bits per heavy atom. The van der Waals surface area contributed by atoms with Gasteiger partial charge in [0, 0.05) is 11.6 Å². The second-order valence-corrected chi connectivity index (χ2v) is 4.72. The molecule has 2 rings (SSSR count). The summed E-state index contributed by atoms with van der Waals surface area (Å²) in [5.74, 6) is 0. The lowest BCUT2D eigenvalue weighted by Crippen LogP contribution is -2.51. The van der Waals surface area contributed by atoms with Crippen LogP contribution in [0.2, 0.25) is 0 Å². The third kappa shape index (κ3) is 2.39. The first-order chi connectivity index (χ1) is 7.21. The van der Waals surface area contributed by atoms with E-state index < -0.39 is 0 Å². The fraction of sp³-hybridized carbons (Fsp3) is 0.538. The lowest BCUT2D eigenvalue weighted by Gasteiger charge is -2.28. The van der Waals surface area contributed by atoms with Gasteiger partial charge in [0.2, 0.25) is 0 Å². The summed E-state index contributed by atoms with van der Waals surface area (Å²) in [7, 11) is 0. The van der Waals surface area contributed by atoms with E-state index >= 15 is 0 Å². The number of aryl methyl sites for hydroxylation is 1. The molecule has 1 aromatic carbocycles. The first-order valence-electron chi connectivity index (χ1n) is 5.79. The quantitative estimate of drug-likeness (QED) is 0.789. The molecule has 2 heteroatoms. The summed E-state index contributed by atoms with van der Waals surface area (Å²) in [5.41, 5.74) is 13.6. The minimum Gasteiger partial charge on any atom is -0.326 e. The van der Waals surface area contributed by atoms with Crippen molar-refractivity contribution in [3.8, 4) is 0 Å². The van der Waals surface area contributed by atoms with Gasteiger partial charge in [-0.2, -0.15) is 0 Å². The predicted octanol–water partition coefficient (Wildman–Crippen LogP) is 1.83. The maximum atomic E-state index is 6.33. The van der Waals surface area contributed by atoms with Crippen molar-refractivity contribution < 1.29 is 0 Å². The zero-order valence-corrected chi connectivity index (χ0v) is 9.15. The van der Waals surface area contributed by atoms with Crippen LogP contribution < -0.4 is 11.5 Å². The van der Waals surface area contributed by atoms with Crippen LogP contribution in [0.5, 0.6) is 0 Å². The van der Waals surface area contributed by atoms with E-state index in [0.717, 1.165) is 25.7 Å². The molecule has 1 saturated carbocycles. The molecule has 2 atom stereocenters. The van der Waals surface area contributed by atoms with Crippen molar-refractivity contribution in [2.45, 2.75) is 43.7 Å². The van der Waals surface area contributed by atoms with E-state index in [1.54, 1.807) is 0 Å². The third-order valence-corrected chi connectivity index (χ3v) is 3.62. The second-order valence-electron chi connectivity index (χ2n) is 4.72. The molecule has 0 amide bonds. The van der Waals surface area contributed by atoms with Crippen LogP contribution in [0.4, 0.5) is 0 Å². The van der Waals surface area contributed by atoms with Crippen LogP contribution in [0.25, 0.3) is 0 Å². The molecule has 0 saturated heterocycles. The number of benzene rings is 1. The average molecular weight is 204 g/mol. The largest absolute Gasteiger partial charge is 0.326 e. The zero-order valence-electron chi connectivity index (χ0n) is 9.15. The lowest BCUT2D eigenvalue weighted by molar-refractivity contribution is 0.362. The molecule has 82 valence electrons. The van der Waals surface area contributed by atoms with Gasteiger partial charge < -0.3 is 11.5 Å². The molecule has 0 aromatic heterocycles. The van der Waals surface area contributed by atoms with Crippen LogP contribution in [0, 0.1) is 0 Å². The molecule has 1 aliphatic rings. The Morgan fingerprint density at radius 2 is 2.00 bits per heavy atom. The normalized spacial score (nSPS) is 30.7. The molecular weight excluding hydrogens is 184 g/mol. The van der Waals surface area contributed by atoms with Gasteiger partial charge in [-0.1, -0.05) is 30.3 Å². The van der Waals surface area contributed by atoms with Gasteiger partial charge >= 0.3 is 0 Å². The van der Waals surface area contributed by atoms with Gasteiger partial charge in [0.05, 0.1) is 0 Å². The summed E-state index contributed by atoms with van der Waals surface area (Å²) < 4.78 is 0. The Kier molecular flexibility index (Phi) is 3.08. The summed E-state index contributed by atoms with van der Waals surface area (Å²) in [6.07, 6.45) is 5.42. The van der Waals surface area contributed by atoms with Crippen molar-refractivity contribution in [1.29, 1.82) is 0 Å². The molecule has 0 radical (unpaired) electrons. The van der Waals surface area contributed by atoms with Gasteiger partial charge in [0.1, 0.15) is 0 Å². The van der Waals surface area contributed by atoms with Crippen LogP contribution in [-0.4, -0.2) is 11.6 Å². The first kappa shape index (κ1) is 10.7. The molecule has 1 aliphatic carbocycles. The highest BCUT2D eigenvalue weighted by Gasteiger charge is 2.36. The first-order valence-corrected chi connectivity index (χ1v) is 5.79. The van der Waals surface area contributed by atoms with Crippen LogP contribution in [-0.2, 0) is 6.42 Å². The van der Waals surface area contributed by atoms with E-state index in [9.17, 15) is 0 Å². The van der Waals surface area contributed by atoms with E-state index in [2.05, 4.69) is 24.3 Å². The summed E-state index contributed by atoms with van der Waals surface area (Å²) in [5, 5.41) is 0. The number of rotatable bonds is 3.